The summed E-state index contributed by atoms with van der Waals surface area (Å²) in [4.78, 5) is 35.6. The van der Waals surface area contributed by atoms with E-state index in [9.17, 15) is 29.7 Å². The van der Waals surface area contributed by atoms with E-state index in [2.05, 4.69) is 0 Å². The molecular formula is C26H26O8. The first-order valence-electron chi connectivity index (χ1n) is 10.4. The zero-order chi connectivity index (χ0) is 25.1. The Labute approximate surface area is 197 Å². The Morgan fingerprint density at radius 3 is 2.24 bits per heavy atom. The van der Waals surface area contributed by atoms with Gasteiger partial charge >= 0.3 is 5.97 Å². The van der Waals surface area contributed by atoms with E-state index >= 15 is 0 Å². The number of rotatable bonds is 11. The second kappa shape index (κ2) is 12.6. The molecule has 0 aliphatic heterocycles. The van der Waals surface area contributed by atoms with Gasteiger partial charge in [0.1, 0.15) is 11.5 Å². The number of methoxy groups -OCH3 is 1. The summed E-state index contributed by atoms with van der Waals surface area (Å²) in [6.45, 7) is 1.86. The van der Waals surface area contributed by atoms with Crippen molar-refractivity contribution in [3.8, 4) is 17.2 Å². The minimum Gasteiger partial charge on any atom is -0.508 e. The van der Waals surface area contributed by atoms with Gasteiger partial charge in [-0.1, -0.05) is 24.3 Å². The fourth-order valence-electron chi connectivity index (χ4n) is 2.95. The summed E-state index contributed by atoms with van der Waals surface area (Å²) in [5.74, 6) is -1.37. The van der Waals surface area contributed by atoms with Crippen LogP contribution in [0.15, 0.2) is 59.9 Å². The maximum absolute atomic E-state index is 12.8. The standard InChI is InChI=1S/C26H26O8/c1-3-34-26(32)13-8-20(22(29)10-5-17-4-9-21(28)19(14-17)16-27)23(30)11-6-18-7-12-24(31)25(15-18)33-2/h4-7,9-12,14-16,28,30-31H,3,8,13H2,1-2H3/b10-5+,11-6+,23-20-. The molecule has 0 bridgehead atoms. The normalized spacial score (nSPS) is 11.9. The van der Waals surface area contributed by atoms with Gasteiger partial charge in [0.2, 0.25) is 0 Å². The first kappa shape index (κ1) is 25.9. The average molecular weight is 466 g/mol. The van der Waals surface area contributed by atoms with Gasteiger partial charge in [0.25, 0.3) is 0 Å². The van der Waals surface area contributed by atoms with Gasteiger partial charge < -0.3 is 24.8 Å². The quantitative estimate of drug-likeness (QED) is 0.146. The highest BCUT2D eigenvalue weighted by Crippen LogP contribution is 2.27. The van der Waals surface area contributed by atoms with E-state index in [1.54, 1.807) is 19.1 Å². The van der Waals surface area contributed by atoms with Gasteiger partial charge in [-0.15, -0.1) is 0 Å². The van der Waals surface area contributed by atoms with Crippen LogP contribution in [0.25, 0.3) is 12.2 Å². The minimum atomic E-state index is -0.546. The number of aromatic hydroxyl groups is 2. The molecule has 0 spiro atoms. The summed E-state index contributed by atoms with van der Waals surface area (Å²) in [7, 11) is 1.41. The Morgan fingerprint density at radius 2 is 1.59 bits per heavy atom. The lowest BCUT2D eigenvalue weighted by molar-refractivity contribution is -0.143. The Kier molecular flexibility index (Phi) is 9.64. The Hall–Kier alpha value is -4.33. The molecule has 3 N–H and O–H groups in total. The van der Waals surface area contributed by atoms with Crippen LogP contribution in [-0.2, 0) is 14.3 Å². The lowest BCUT2D eigenvalue weighted by Gasteiger charge is -2.07. The largest absolute Gasteiger partial charge is 0.508 e. The third kappa shape index (κ3) is 7.37. The first-order valence-corrected chi connectivity index (χ1v) is 10.4. The van der Waals surface area contributed by atoms with Crippen LogP contribution in [0.3, 0.4) is 0 Å². The smallest absolute Gasteiger partial charge is 0.306 e. The molecule has 0 aromatic heterocycles. The van der Waals surface area contributed by atoms with Crippen LogP contribution in [0.5, 0.6) is 17.2 Å². The third-order valence-electron chi connectivity index (χ3n) is 4.73. The Morgan fingerprint density at radius 1 is 0.941 bits per heavy atom. The minimum absolute atomic E-state index is 0.0133. The number of hydrogen-bond acceptors (Lipinski definition) is 8. The van der Waals surface area contributed by atoms with Gasteiger partial charge in [-0.25, -0.2) is 0 Å². The van der Waals surface area contributed by atoms with Crippen molar-refractivity contribution in [2.45, 2.75) is 19.8 Å². The molecule has 0 fully saturated rings. The second-order valence-corrected chi connectivity index (χ2v) is 7.07. The van der Waals surface area contributed by atoms with Crippen LogP contribution in [0, 0.1) is 0 Å². The monoisotopic (exact) mass is 466 g/mol. The zero-order valence-electron chi connectivity index (χ0n) is 18.9. The van der Waals surface area contributed by atoms with E-state index in [1.807, 2.05) is 0 Å². The van der Waals surface area contributed by atoms with Crippen LogP contribution in [-0.4, -0.2) is 47.1 Å². The first-order chi connectivity index (χ1) is 16.3. The maximum Gasteiger partial charge on any atom is 0.306 e. The fourth-order valence-corrected chi connectivity index (χ4v) is 2.95. The molecule has 0 heterocycles. The summed E-state index contributed by atoms with van der Waals surface area (Å²) in [6, 6.07) is 8.83. The molecule has 0 aliphatic rings. The van der Waals surface area contributed by atoms with Crippen LogP contribution in [0.1, 0.15) is 41.3 Å². The number of esters is 1. The third-order valence-corrected chi connectivity index (χ3v) is 4.73. The van der Waals surface area contributed by atoms with Gasteiger partial charge in [-0.2, -0.15) is 0 Å². The number of phenols is 2. The molecule has 0 saturated heterocycles. The number of ketones is 1. The van der Waals surface area contributed by atoms with Crippen molar-refractivity contribution in [1.82, 2.24) is 0 Å². The van der Waals surface area contributed by atoms with Crippen LogP contribution < -0.4 is 4.74 Å². The number of aldehydes is 1. The molecule has 34 heavy (non-hydrogen) atoms. The predicted molar refractivity (Wildman–Crippen MR) is 127 cm³/mol. The number of carbonyl (C=O) groups excluding carboxylic acids is 3. The number of carbonyl (C=O) groups is 3. The zero-order valence-corrected chi connectivity index (χ0v) is 18.9. The molecule has 0 atom stereocenters. The summed E-state index contributed by atoms with van der Waals surface area (Å²) in [5, 5.41) is 29.9. The van der Waals surface area contributed by atoms with Gasteiger partial charge in [-0.05, 0) is 60.9 Å². The Bertz CT molecular complexity index is 1140. The highest BCUT2D eigenvalue weighted by Gasteiger charge is 2.15. The molecule has 2 aromatic rings. The van der Waals surface area contributed by atoms with Crippen molar-refractivity contribution in [1.29, 1.82) is 0 Å². The molecule has 2 rings (SSSR count). The number of hydrogen-bond donors (Lipinski definition) is 3. The number of aliphatic hydroxyl groups is 1. The molecule has 0 amide bonds. The molecule has 8 nitrogen and oxygen atoms in total. The molecule has 0 aliphatic carbocycles. The van der Waals surface area contributed by atoms with Crippen molar-refractivity contribution >= 4 is 30.2 Å². The van der Waals surface area contributed by atoms with Gasteiger partial charge in [0, 0.05) is 12.0 Å². The highest BCUT2D eigenvalue weighted by atomic mass is 16.5. The van der Waals surface area contributed by atoms with E-state index < -0.39 is 11.8 Å². The van der Waals surface area contributed by atoms with Gasteiger partial charge in [-0.3, -0.25) is 14.4 Å². The molecule has 0 saturated carbocycles. The van der Waals surface area contributed by atoms with Crippen molar-refractivity contribution in [2.24, 2.45) is 0 Å². The van der Waals surface area contributed by atoms with E-state index in [1.165, 1.54) is 55.7 Å². The van der Waals surface area contributed by atoms with Crippen LogP contribution >= 0.6 is 0 Å². The maximum atomic E-state index is 12.8. The predicted octanol–water partition coefficient (Wildman–Crippen LogP) is 4.37. The van der Waals surface area contributed by atoms with Crippen molar-refractivity contribution < 1.29 is 39.2 Å². The number of allylic oxidation sites excluding steroid dienone is 3. The van der Waals surface area contributed by atoms with Crippen molar-refractivity contribution in [3.63, 3.8) is 0 Å². The van der Waals surface area contributed by atoms with E-state index in [-0.39, 0.29) is 53.6 Å². The fraction of sp³-hybridized carbons (Fsp3) is 0.192. The highest BCUT2D eigenvalue weighted by molar-refractivity contribution is 6.07. The number of ether oxygens (including phenoxy) is 2. The van der Waals surface area contributed by atoms with E-state index in [0.717, 1.165) is 0 Å². The van der Waals surface area contributed by atoms with Gasteiger partial charge in [0.15, 0.2) is 23.6 Å². The number of aliphatic hydroxyl groups excluding tert-OH is 1. The van der Waals surface area contributed by atoms with Crippen molar-refractivity contribution in [2.75, 3.05) is 13.7 Å². The summed E-state index contributed by atoms with van der Waals surface area (Å²) in [6.07, 6.45) is 5.79. The molecule has 2 aromatic carbocycles. The lowest BCUT2D eigenvalue weighted by atomic mass is 10.0. The van der Waals surface area contributed by atoms with Crippen LogP contribution in [0.4, 0.5) is 0 Å². The number of benzene rings is 2. The molecular weight excluding hydrogens is 440 g/mol. The van der Waals surface area contributed by atoms with Gasteiger partial charge in [0.05, 0.1) is 19.3 Å². The average Bonchev–Trinajstić information content (AvgIpc) is 2.83. The molecule has 0 radical (unpaired) electrons. The summed E-state index contributed by atoms with van der Waals surface area (Å²) < 4.78 is 9.95. The Balaban J connectivity index is 2.33. The molecule has 8 heteroatoms. The summed E-state index contributed by atoms with van der Waals surface area (Å²) >= 11 is 0. The SMILES string of the molecule is CCOC(=O)CC/C(C(=O)/C=C/c1ccc(O)c(C=O)c1)=C(O)\C=C\c1ccc(O)c(OC)c1. The topological polar surface area (TPSA) is 130 Å². The van der Waals surface area contributed by atoms with Crippen LogP contribution in [0.2, 0.25) is 0 Å². The van der Waals surface area contributed by atoms with E-state index in [0.29, 0.717) is 17.4 Å². The van der Waals surface area contributed by atoms with Crippen molar-refractivity contribution in [3.05, 3.63) is 76.6 Å². The second-order valence-electron chi connectivity index (χ2n) is 7.07. The lowest BCUT2D eigenvalue weighted by Crippen LogP contribution is -2.08. The van der Waals surface area contributed by atoms with E-state index in [4.69, 9.17) is 9.47 Å². The summed E-state index contributed by atoms with van der Waals surface area (Å²) in [5.41, 5.74) is 1.15. The number of phenolic OH excluding ortho intramolecular Hbond substituents is 2. The molecule has 178 valence electrons. The molecule has 0 unspecified atom stereocenters.